The Balaban J connectivity index is 2.18. The molecule has 2 rings (SSSR count). The highest BCUT2D eigenvalue weighted by Gasteiger charge is 2.34. The van der Waals surface area contributed by atoms with Crippen molar-refractivity contribution in [2.75, 3.05) is 18.0 Å². The standard InChI is InChI=1S/C15H20N2O2/c1-4-16-15(19)12-8-14(18)17(9-12)13-6-10(2)5-11(3)7-13/h5-7,12H,4,8-9H2,1-3H3,(H,16,19). The molecule has 1 heterocycles. The van der Waals surface area contributed by atoms with Crippen molar-refractivity contribution in [1.82, 2.24) is 5.32 Å². The lowest BCUT2D eigenvalue weighted by atomic mass is 10.1. The Morgan fingerprint density at radius 3 is 2.53 bits per heavy atom. The Kier molecular flexibility index (Phi) is 3.88. The minimum atomic E-state index is -0.228. The summed E-state index contributed by atoms with van der Waals surface area (Å²) in [4.78, 5) is 25.6. The quantitative estimate of drug-likeness (QED) is 0.900. The fourth-order valence-corrected chi connectivity index (χ4v) is 2.56. The minimum absolute atomic E-state index is 0.0253. The van der Waals surface area contributed by atoms with Gasteiger partial charge in [0.15, 0.2) is 0 Å². The van der Waals surface area contributed by atoms with Gasteiger partial charge >= 0.3 is 0 Å². The van der Waals surface area contributed by atoms with Crippen molar-refractivity contribution in [3.8, 4) is 0 Å². The van der Waals surface area contributed by atoms with E-state index in [1.807, 2.05) is 32.9 Å². The maximum Gasteiger partial charge on any atom is 0.227 e. The van der Waals surface area contributed by atoms with Gasteiger partial charge in [-0.15, -0.1) is 0 Å². The molecular formula is C15H20N2O2. The molecule has 1 atom stereocenters. The largest absolute Gasteiger partial charge is 0.356 e. The molecule has 19 heavy (non-hydrogen) atoms. The topological polar surface area (TPSA) is 49.4 Å². The van der Waals surface area contributed by atoms with Gasteiger partial charge in [-0.1, -0.05) is 6.07 Å². The fraction of sp³-hybridized carbons (Fsp3) is 0.467. The van der Waals surface area contributed by atoms with Crippen LogP contribution in [0.1, 0.15) is 24.5 Å². The molecular weight excluding hydrogens is 240 g/mol. The molecule has 1 fully saturated rings. The monoisotopic (exact) mass is 260 g/mol. The third-order valence-electron chi connectivity index (χ3n) is 3.36. The predicted octanol–water partition coefficient (Wildman–Crippen LogP) is 1.79. The van der Waals surface area contributed by atoms with E-state index >= 15 is 0 Å². The maximum absolute atomic E-state index is 12.1. The molecule has 1 N–H and O–H groups in total. The van der Waals surface area contributed by atoms with Crippen LogP contribution in [0.4, 0.5) is 5.69 Å². The minimum Gasteiger partial charge on any atom is -0.356 e. The van der Waals surface area contributed by atoms with Crippen molar-refractivity contribution in [1.29, 1.82) is 0 Å². The van der Waals surface area contributed by atoms with E-state index in [0.29, 0.717) is 19.5 Å². The third kappa shape index (κ3) is 2.95. The predicted molar refractivity (Wildman–Crippen MR) is 75.1 cm³/mol. The second-order valence-electron chi connectivity index (χ2n) is 5.15. The fourth-order valence-electron chi connectivity index (χ4n) is 2.56. The van der Waals surface area contributed by atoms with Crippen molar-refractivity contribution in [3.63, 3.8) is 0 Å². The van der Waals surface area contributed by atoms with Gasteiger partial charge in [0.25, 0.3) is 0 Å². The summed E-state index contributed by atoms with van der Waals surface area (Å²) in [7, 11) is 0. The number of carbonyl (C=O) groups excluding carboxylic acids is 2. The van der Waals surface area contributed by atoms with Crippen molar-refractivity contribution in [2.45, 2.75) is 27.2 Å². The van der Waals surface area contributed by atoms with Crippen molar-refractivity contribution >= 4 is 17.5 Å². The lowest BCUT2D eigenvalue weighted by molar-refractivity contribution is -0.126. The highest BCUT2D eigenvalue weighted by molar-refractivity contribution is 6.00. The van der Waals surface area contributed by atoms with Crippen LogP contribution < -0.4 is 10.2 Å². The third-order valence-corrected chi connectivity index (χ3v) is 3.36. The molecule has 102 valence electrons. The van der Waals surface area contributed by atoms with Crippen LogP contribution in [0, 0.1) is 19.8 Å². The lowest BCUT2D eigenvalue weighted by Gasteiger charge is -2.18. The second-order valence-corrected chi connectivity index (χ2v) is 5.15. The maximum atomic E-state index is 12.1. The Morgan fingerprint density at radius 1 is 1.32 bits per heavy atom. The average Bonchev–Trinajstić information content (AvgIpc) is 2.70. The molecule has 0 radical (unpaired) electrons. The van der Waals surface area contributed by atoms with Crippen molar-refractivity contribution in [3.05, 3.63) is 29.3 Å². The molecule has 1 aromatic rings. The molecule has 0 spiro atoms. The van der Waals surface area contributed by atoms with Gasteiger partial charge in [0.1, 0.15) is 0 Å². The van der Waals surface area contributed by atoms with E-state index in [1.54, 1.807) is 4.90 Å². The van der Waals surface area contributed by atoms with Crippen LogP contribution in [0.25, 0.3) is 0 Å². The van der Waals surface area contributed by atoms with Gasteiger partial charge in [-0.25, -0.2) is 0 Å². The summed E-state index contributed by atoms with van der Waals surface area (Å²) >= 11 is 0. The molecule has 0 aliphatic carbocycles. The number of aryl methyl sites for hydroxylation is 2. The molecule has 4 nitrogen and oxygen atoms in total. The number of hydrogen-bond donors (Lipinski definition) is 1. The van der Waals surface area contributed by atoms with Crippen LogP contribution in [-0.2, 0) is 9.59 Å². The van der Waals surface area contributed by atoms with Gasteiger partial charge in [0, 0.05) is 25.2 Å². The van der Waals surface area contributed by atoms with E-state index in [0.717, 1.165) is 16.8 Å². The highest BCUT2D eigenvalue weighted by Crippen LogP contribution is 2.26. The normalized spacial score (nSPS) is 18.8. The summed E-state index contributed by atoms with van der Waals surface area (Å²) in [5.74, 6) is -0.225. The van der Waals surface area contributed by atoms with Crippen LogP contribution in [0.15, 0.2) is 18.2 Å². The molecule has 0 aromatic heterocycles. The summed E-state index contributed by atoms with van der Waals surface area (Å²) in [6.07, 6.45) is 0.304. The molecule has 1 unspecified atom stereocenters. The summed E-state index contributed by atoms with van der Waals surface area (Å²) in [5, 5.41) is 2.78. The van der Waals surface area contributed by atoms with Crippen molar-refractivity contribution < 1.29 is 9.59 Å². The van der Waals surface area contributed by atoms with Crippen LogP contribution in [-0.4, -0.2) is 24.9 Å². The van der Waals surface area contributed by atoms with Gasteiger partial charge in [0.2, 0.25) is 11.8 Å². The molecule has 1 saturated heterocycles. The van der Waals surface area contributed by atoms with Gasteiger partial charge < -0.3 is 10.2 Å². The van der Waals surface area contributed by atoms with Crippen LogP contribution in [0.3, 0.4) is 0 Å². The first kappa shape index (κ1) is 13.6. The second kappa shape index (κ2) is 5.43. The summed E-state index contributed by atoms with van der Waals surface area (Å²) < 4.78 is 0. The molecule has 4 heteroatoms. The number of hydrogen-bond acceptors (Lipinski definition) is 2. The number of anilines is 1. The number of nitrogens with one attached hydrogen (secondary N) is 1. The van der Waals surface area contributed by atoms with Gasteiger partial charge in [-0.2, -0.15) is 0 Å². The van der Waals surface area contributed by atoms with Crippen LogP contribution in [0.2, 0.25) is 0 Å². The van der Waals surface area contributed by atoms with Gasteiger partial charge in [0.05, 0.1) is 5.92 Å². The summed E-state index contributed by atoms with van der Waals surface area (Å²) in [5.41, 5.74) is 3.16. The molecule has 1 aliphatic rings. The Bertz CT molecular complexity index is 491. The molecule has 0 bridgehead atoms. The number of nitrogens with zero attached hydrogens (tertiary/aromatic N) is 1. The molecule has 1 aromatic carbocycles. The Hall–Kier alpha value is -1.84. The van der Waals surface area contributed by atoms with Crippen molar-refractivity contribution in [2.24, 2.45) is 5.92 Å². The number of amides is 2. The lowest BCUT2D eigenvalue weighted by Crippen LogP contribution is -2.32. The van der Waals surface area contributed by atoms with E-state index in [2.05, 4.69) is 11.4 Å². The first-order valence-corrected chi connectivity index (χ1v) is 6.67. The first-order chi connectivity index (χ1) is 9.01. The number of benzene rings is 1. The molecule has 0 saturated carbocycles. The Morgan fingerprint density at radius 2 is 1.95 bits per heavy atom. The average molecular weight is 260 g/mol. The SMILES string of the molecule is CCNC(=O)C1CC(=O)N(c2cc(C)cc(C)c2)C1. The van der Waals surface area contributed by atoms with E-state index in [9.17, 15) is 9.59 Å². The highest BCUT2D eigenvalue weighted by atomic mass is 16.2. The van der Waals surface area contributed by atoms with Gasteiger partial charge in [-0.05, 0) is 44.0 Å². The zero-order valence-electron chi connectivity index (χ0n) is 11.7. The summed E-state index contributed by atoms with van der Waals surface area (Å²) in [6, 6.07) is 6.06. The first-order valence-electron chi connectivity index (χ1n) is 6.67. The number of carbonyl (C=O) groups is 2. The molecule has 2 amide bonds. The van der Waals surface area contributed by atoms with E-state index in [-0.39, 0.29) is 17.7 Å². The number of rotatable bonds is 3. The zero-order chi connectivity index (χ0) is 14.0. The smallest absolute Gasteiger partial charge is 0.227 e. The van der Waals surface area contributed by atoms with Crippen LogP contribution >= 0.6 is 0 Å². The molecule has 1 aliphatic heterocycles. The van der Waals surface area contributed by atoms with Crippen LogP contribution in [0.5, 0.6) is 0 Å². The zero-order valence-corrected chi connectivity index (χ0v) is 11.7. The van der Waals surface area contributed by atoms with E-state index < -0.39 is 0 Å². The Labute approximate surface area is 113 Å². The van der Waals surface area contributed by atoms with Gasteiger partial charge in [-0.3, -0.25) is 9.59 Å². The summed E-state index contributed by atoms with van der Waals surface area (Å²) in [6.45, 7) is 6.99. The van der Waals surface area contributed by atoms with E-state index in [1.165, 1.54) is 0 Å². The van der Waals surface area contributed by atoms with E-state index in [4.69, 9.17) is 0 Å².